The fourth-order valence-corrected chi connectivity index (χ4v) is 2.94. The van der Waals surface area contributed by atoms with E-state index in [0.29, 0.717) is 0 Å². The van der Waals surface area contributed by atoms with Crippen molar-refractivity contribution in [2.24, 2.45) is 0 Å². The van der Waals surface area contributed by atoms with Gasteiger partial charge in [0.05, 0.1) is 12.1 Å². The van der Waals surface area contributed by atoms with Crippen LogP contribution in [0.5, 0.6) is 0 Å². The van der Waals surface area contributed by atoms with Crippen molar-refractivity contribution >= 4 is 6.03 Å². The highest BCUT2D eigenvalue weighted by Gasteiger charge is 2.18. The van der Waals surface area contributed by atoms with Gasteiger partial charge in [0.25, 0.3) is 0 Å². The van der Waals surface area contributed by atoms with Crippen molar-refractivity contribution < 1.29 is 4.79 Å². The van der Waals surface area contributed by atoms with E-state index in [1.54, 1.807) is 0 Å². The molecule has 2 aromatic rings. The summed E-state index contributed by atoms with van der Waals surface area (Å²) in [5, 5.41) is 6.27. The maximum Gasteiger partial charge on any atom is 0.315 e. The maximum atomic E-state index is 12.6. The number of urea groups is 1. The molecule has 2 N–H and O–H groups in total. The number of nitrogens with zero attached hydrogens (tertiary/aromatic N) is 1. The van der Waals surface area contributed by atoms with Crippen LogP contribution in [0.25, 0.3) is 0 Å². The number of nitrogens with one attached hydrogen (secondary N) is 2. The van der Waals surface area contributed by atoms with Crippen molar-refractivity contribution in [3.05, 3.63) is 71.8 Å². The molecule has 4 nitrogen and oxygen atoms in total. The van der Waals surface area contributed by atoms with E-state index in [2.05, 4.69) is 46.7 Å². The summed E-state index contributed by atoms with van der Waals surface area (Å²) in [6, 6.07) is 20.1. The molecule has 0 aliphatic rings. The molecule has 25 heavy (non-hydrogen) atoms. The standard InChI is InChI=1S/C21H29N3O/c1-4-11-19(17-12-7-5-8-13-17)22-21(25)23-20(16-24(2)3)18-14-9-6-10-15-18/h5-10,12-15,19-20H,4,11,16H2,1-3H3,(H2,22,23,25). The van der Waals surface area contributed by atoms with Crippen LogP contribution in [0.4, 0.5) is 4.79 Å². The van der Waals surface area contributed by atoms with E-state index in [9.17, 15) is 4.79 Å². The van der Waals surface area contributed by atoms with Gasteiger partial charge in [-0.2, -0.15) is 0 Å². The highest BCUT2D eigenvalue weighted by Crippen LogP contribution is 2.19. The van der Waals surface area contributed by atoms with E-state index in [4.69, 9.17) is 0 Å². The maximum absolute atomic E-state index is 12.6. The molecule has 0 saturated carbocycles. The molecule has 134 valence electrons. The smallest absolute Gasteiger partial charge is 0.315 e. The van der Waals surface area contributed by atoms with Gasteiger partial charge < -0.3 is 15.5 Å². The number of carbonyl (C=O) groups is 1. The van der Waals surface area contributed by atoms with Gasteiger partial charge in [-0.1, -0.05) is 74.0 Å². The van der Waals surface area contributed by atoms with Gasteiger partial charge in [-0.3, -0.25) is 0 Å². The van der Waals surface area contributed by atoms with Crippen LogP contribution in [0.3, 0.4) is 0 Å². The largest absolute Gasteiger partial charge is 0.331 e. The summed E-state index contributed by atoms with van der Waals surface area (Å²) in [5.41, 5.74) is 2.25. The molecule has 0 aliphatic carbocycles. The molecule has 0 aromatic heterocycles. The summed E-state index contributed by atoms with van der Waals surface area (Å²) >= 11 is 0. The minimum Gasteiger partial charge on any atom is -0.331 e. The van der Waals surface area contributed by atoms with Crippen molar-refractivity contribution in [1.82, 2.24) is 15.5 Å². The van der Waals surface area contributed by atoms with Crippen LogP contribution < -0.4 is 10.6 Å². The molecule has 0 aliphatic heterocycles. The van der Waals surface area contributed by atoms with E-state index in [1.807, 2.05) is 50.5 Å². The van der Waals surface area contributed by atoms with Crippen LogP contribution in [-0.2, 0) is 0 Å². The molecule has 2 unspecified atom stereocenters. The second-order valence-corrected chi connectivity index (χ2v) is 6.60. The van der Waals surface area contributed by atoms with Crippen LogP contribution in [0.2, 0.25) is 0 Å². The first-order valence-electron chi connectivity index (χ1n) is 8.91. The van der Waals surface area contributed by atoms with Crippen LogP contribution in [0, 0.1) is 0 Å². The molecule has 0 saturated heterocycles. The SMILES string of the molecule is CCCC(NC(=O)NC(CN(C)C)c1ccccc1)c1ccccc1. The average molecular weight is 339 g/mol. The normalized spacial score (nSPS) is 13.3. The Morgan fingerprint density at radius 3 is 1.84 bits per heavy atom. The first-order chi connectivity index (χ1) is 12.1. The second kappa shape index (κ2) is 9.84. The monoisotopic (exact) mass is 339 g/mol. The van der Waals surface area contributed by atoms with Gasteiger partial charge in [-0.05, 0) is 31.6 Å². The second-order valence-electron chi connectivity index (χ2n) is 6.60. The minimum atomic E-state index is -0.127. The molecule has 0 spiro atoms. The third-order valence-electron chi connectivity index (χ3n) is 4.14. The topological polar surface area (TPSA) is 44.4 Å². The highest BCUT2D eigenvalue weighted by molar-refractivity contribution is 5.75. The lowest BCUT2D eigenvalue weighted by atomic mass is 10.0. The fourth-order valence-electron chi connectivity index (χ4n) is 2.94. The molecule has 0 fully saturated rings. The lowest BCUT2D eigenvalue weighted by Crippen LogP contribution is -2.42. The van der Waals surface area contributed by atoms with Crippen molar-refractivity contribution in [1.29, 1.82) is 0 Å². The molecule has 0 heterocycles. The summed E-state index contributed by atoms with van der Waals surface area (Å²) in [7, 11) is 4.03. The van der Waals surface area contributed by atoms with Gasteiger partial charge in [0, 0.05) is 6.54 Å². The van der Waals surface area contributed by atoms with E-state index in [-0.39, 0.29) is 18.1 Å². The number of benzene rings is 2. The number of rotatable bonds is 8. The average Bonchev–Trinajstić information content (AvgIpc) is 2.62. The fraction of sp³-hybridized carbons (Fsp3) is 0.381. The Morgan fingerprint density at radius 2 is 1.36 bits per heavy atom. The Morgan fingerprint density at radius 1 is 0.880 bits per heavy atom. The zero-order valence-corrected chi connectivity index (χ0v) is 15.4. The van der Waals surface area contributed by atoms with Crippen LogP contribution in [0.15, 0.2) is 60.7 Å². The summed E-state index contributed by atoms with van der Waals surface area (Å²) < 4.78 is 0. The van der Waals surface area contributed by atoms with Gasteiger partial charge in [-0.25, -0.2) is 4.79 Å². The van der Waals surface area contributed by atoms with Crippen LogP contribution in [0.1, 0.15) is 43.0 Å². The number of amides is 2. The van der Waals surface area contributed by atoms with Gasteiger partial charge in [0.1, 0.15) is 0 Å². The van der Waals surface area contributed by atoms with Crippen molar-refractivity contribution in [3.8, 4) is 0 Å². The zero-order valence-electron chi connectivity index (χ0n) is 15.4. The Kier molecular flexibility index (Phi) is 7.48. The predicted octanol–water partition coefficient (Wildman–Crippen LogP) is 4.13. The molecular weight excluding hydrogens is 310 g/mol. The summed E-state index contributed by atoms with van der Waals surface area (Å²) in [6.07, 6.45) is 1.93. The highest BCUT2D eigenvalue weighted by atomic mass is 16.2. The number of likely N-dealkylation sites (N-methyl/N-ethyl adjacent to an activating group) is 1. The third-order valence-corrected chi connectivity index (χ3v) is 4.14. The van der Waals surface area contributed by atoms with Crippen molar-refractivity contribution in [2.75, 3.05) is 20.6 Å². The van der Waals surface area contributed by atoms with E-state index >= 15 is 0 Å². The number of hydrogen-bond acceptors (Lipinski definition) is 2. The van der Waals surface area contributed by atoms with Gasteiger partial charge in [0.2, 0.25) is 0 Å². The third kappa shape index (κ3) is 6.24. The molecular formula is C21H29N3O. The molecule has 2 atom stereocenters. The molecule has 2 aromatic carbocycles. The first kappa shape index (κ1) is 19.0. The Labute approximate surface area is 151 Å². The quantitative estimate of drug-likeness (QED) is 0.759. The lowest BCUT2D eigenvalue weighted by Gasteiger charge is -2.25. The summed E-state index contributed by atoms with van der Waals surface area (Å²) in [4.78, 5) is 14.7. The molecule has 2 rings (SSSR count). The summed E-state index contributed by atoms with van der Waals surface area (Å²) in [5.74, 6) is 0. The summed E-state index contributed by atoms with van der Waals surface area (Å²) in [6.45, 7) is 2.88. The molecule has 0 bridgehead atoms. The molecule has 0 radical (unpaired) electrons. The first-order valence-corrected chi connectivity index (χ1v) is 8.91. The predicted molar refractivity (Wildman–Crippen MR) is 103 cm³/mol. The van der Waals surface area contributed by atoms with E-state index in [1.165, 1.54) is 0 Å². The van der Waals surface area contributed by atoms with Crippen molar-refractivity contribution in [2.45, 2.75) is 31.8 Å². The zero-order chi connectivity index (χ0) is 18.1. The van der Waals surface area contributed by atoms with Gasteiger partial charge in [-0.15, -0.1) is 0 Å². The molecule has 4 heteroatoms. The Balaban J connectivity index is 2.06. The Bertz CT molecular complexity index is 628. The number of carbonyl (C=O) groups excluding carboxylic acids is 1. The van der Waals surface area contributed by atoms with Crippen molar-refractivity contribution in [3.63, 3.8) is 0 Å². The lowest BCUT2D eigenvalue weighted by molar-refractivity contribution is 0.228. The Hall–Kier alpha value is -2.33. The number of hydrogen-bond donors (Lipinski definition) is 2. The van der Waals surface area contributed by atoms with E-state index < -0.39 is 0 Å². The van der Waals surface area contributed by atoms with Crippen LogP contribution >= 0.6 is 0 Å². The van der Waals surface area contributed by atoms with Crippen LogP contribution in [-0.4, -0.2) is 31.6 Å². The van der Waals surface area contributed by atoms with Gasteiger partial charge in [0.15, 0.2) is 0 Å². The van der Waals surface area contributed by atoms with E-state index in [0.717, 1.165) is 30.5 Å². The minimum absolute atomic E-state index is 0.0296. The molecule has 2 amide bonds. The van der Waals surface area contributed by atoms with Gasteiger partial charge >= 0.3 is 6.03 Å².